The van der Waals surface area contributed by atoms with E-state index in [0.717, 1.165) is 13.1 Å². The Labute approximate surface area is 98.6 Å². The molecule has 0 saturated carbocycles. The highest BCUT2D eigenvalue weighted by Crippen LogP contribution is 1.97. The summed E-state index contributed by atoms with van der Waals surface area (Å²) in [7, 11) is 1.67. The van der Waals surface area contributed by atoms with Gasteiger partial charge >= 0.3 is 0 Å². The maximum Gasteiger partial charge on any atom is 0.220 e. The number of carbonyl (C=O) groups is 1. The lowest BCUT2D eigenvalue weighted by molar-refractivity contribution is -0.121. The van der Waals surface area contributed by atoms with E-state index in [0.29, 0.717) is 25.5 Å². The lowest BCUT2D eigenvalue weighted by Gasteiger charge is -2.07. The van der Waals surface area contributed by atoms with Gasteiger partial charge in [0.25, 0.3) is 0 Å². The highest BCUT2D eigenvalue weighted by atomic mass is 35.5. The van der Waals surface area contributed by atoms with E-state index in [1.54, 1.807) is 7.11 Å². The third-order valence-corrected chi connectivity index (χ3v) is 1.70. The molecule has 0 heterocycles. The Balaban J connectivity index is 0. The van der Waals surface area contributed by atoms with Crippen molar-refractivity contribution in [3.8, 4) is 0 Å². The fraction of sp³-hybridized carbons (Fsp3) is 0.900. The van der Waals surface area contributed by atoms with Crippen LogP contribution in [0.25, 0.3) is 0 Å². The van der Waals surface area contributed by atoms with Gasteiger partial charge in [0.1, 0.15) is 0 Å². The van der Waals surface area contributed by atoms with E-state index < -0.39 is 0 Å². The summed E-state index contributed by atoms with van der Waals surface area (Å²) in [6.07, 6.45) is 0.609. The average Bonchev–Trinajstić information content (AvgIpc) is 2.10. The molecule has 0 aromatic carbocycles. The average molecular weight is 239 g/mol. The number of halogens is 1. The summed E-state index contributed by atoms with van der Waals surface area (Å²) in [4.78, 5) is 11.2. The number of carbonyl (C=O) groups excluding carboxylic acids is 1. The SMILES string of the molecule is COCCNCCNC(=O)CC(C)C.Cl. The smallest absolute Gasteiger partial charge is 0.220 e. The first-order valence-corrected chi connectivity index (χ1v) is 5.13. The van der Waals surface area contributed by atoms with Crippen molar-refractivity contribution in [2.75, 3.05) is 33.4 Å². The molecule has 0 fully saturated rings. The van der Waals surface area contributed by atoms with E-state index in [1.807, 2.05) is 13.8 Å². The molecule has 0 aromatic heterocycles. The molecule has 0 rings (SSSR count). The minimum atomic E-state index is 0. The highest BCUT2D eigenvalue weighted by molar-refractivity contribution is 5.85. The van der Waals surface area contributed by atoms with E-state index >= 15 is 0 Å². The summed E-state index contributed by atoms with van der Waals surface area (Å²) in [6.45, 7) is 7.10. The molecule has 2 N–H and O–H groups in total. The summed E-state index contributed by atoms with van der Waals surface area (Å²) < 4.78 is 4.87. The van der Waals surface area contributed by atoms with E-state index in [9.17, 15) is 4.79 Å². The minimum Gasteiger partial charge on any atom is -0.383 e. The summed E-state index contributed by atoms with van der Waals surface area (Å²) >= 11 is 0. The van der Waals surface area contributed by atoms with Crippen molar-refractivity contribution >= 4 is 18.3 Å². The second-order valence-electron chi connectivity index (χ2n) is 3.69. The third kappa shape index (κ3) is 13.7. The van der Waals surface area contributed by atoms with Crippen LogP contribution < -0.4 is 10.6 Å². The Morgan fingerprint density at radius 2 is 1.93 bits per heavy atom. The Hall–Kier alpha value is -0.320. The van der Waals surface area contributed by atoms with Gasteiger partial charge < -0.3 is 15.4 Å². The van der Waals surface area contributed by atoms with Crippen LogP contribution in [0.1, 0.15) is 20.3 Å². The van der Waals surface area contributed by atoms with E-state index in [2.05, 4.69) is 10.6 Å². The summed E-state index contributed by atoms with van der Waals surface area (Å²) in [5.41, 5.74) is 0. The first-order chi connectivity index (χ1) is 6.66. The maximum atomic E-state index is 11.2. The van der Waals surface area contributed by atoms with Crippen molar-refractivity contribution in [3.05, 3.63) is 0 Å². The predicted molar refractivity (Wildman–Crippen MR) is 64.5 cm³/mol. The highest BCUT2D eigenvalue weighted by Gasteiger charge is 2.02. The zero-order valence-electron chi connectivity index (χ0n) is 9.84. The Morgan fingerprint density at radius 1 is 1.27 bits per heavy atom. The predicted octanol–water partition coefficient (Wildman–Crippen LogP) is 0.806. The molecule has 0 radical (unpaired) electrons. The molecule has 0 aromatic rings. The molecule has 0 aliphatic rings. The molecule has 15 heavy (non-hydrogen) atoms. The van der Waals surface area contributed by atoms with Gasteiger partial charge in [0.15, 0.2) is 0 Å². The monoisotopic (exact) mass is 238 g/mol. The zero-order chi connectivity index (χ0) is 10.8. The normalized spacial score (nSPS) is 9.87. The number of rotatable bonds is 8. The van der Waals surface area contributed by atoms with E-state index in [4.69, 9.17) is 4.74 Å². The van der Waals surface area contributed by atoms with Gasteiger partial charge in [0.05, 0.1) is 6.61 Å². The van der Waals surface area contributed by atoms with Gasteiger partial charge in [0.2, 0.25) is 5.91 Å². The van der Waals surface area contributed by atoms with Crippen LogP contribution in [-0.2, 0) is 9.53 Å². The number of amides is 1. The molecule has 92 valence electrons. The lowest BCUT2D eigenvalue weighted by atomic mass is 10.1. The molecule has 5 heteroatoms. The van der Waals surface area contributed by atoms with Crippen molar-refractivity contribution in [1.82, 2.24) is 10.6 Å². The maximum absolute atomic E-state index is 11.2. The third-order valence-electron chi connectivity index (χ3n) is 1.70. The van der Waals surface area contributed by atoms with Crippen LogP contribution in [0.3, 0.4) is 0 Å². The number of methoxy groups -OCH3 is 1. The van der Waals surface area contributed by atoms with Crippen LogP contribution in [0.4, 0.5) is 0 Å². The van der Waals surface area contributed by atoms with Crippen LogP contribution in [0.5, 0.6) is 0 Å². The second kappa shape index (κ2) is 11.8. The summed E-state index contributed by atoms with van der Waals surface area (Å²) in [5, 5.41) is 6.00. The number of hydrogen-bond donors (Lipinski definition) is 2. The Bertz CT molecular complexity index is 154. The Morgan fingerprint density at radius 3 is 2.47 bits per heavy atom. The van der Waals surface area contributed by atoms with Crippen LogP contribution in [0.15, 0.2) is 0 Å². The first kappa shape index (κ1) is 17.1. The van der Waals surface area contributed by atoms with Crippen molar-refractivity contribution < 1.29 is 9.53 Å². The standard InChI is InChI=1S/C10H22N2O2.ClH/c1-9(2)8-10(13)12-5-4-11-6-7-14-3;/h9,11H,4-8H2,1-3H3,(H,12,13);1H. The van der Waals surface area contributed by atoms with Gasteiger partial charge in [-0.25, -0.2) is 0 Å². The molecule has 4 nitrogen and oxygen atoms in total. The van der Waals surface area contributed by atoms with Crippen molar-refractivity contribution in [1.29, 1.82) is 0 Å². The molecule has 0 aliphatic heterocycles. The molecule has 0 unspecified atom stereocenters. The fourth-order valence-electron chi connectivity index (χ4n) is 1.03. The molecular weight excluding hydrogens is 216 g/mol. The number of nitrogens with one attached hydrogen (secondary N) is 2. The van der Waals surface area contributed by atoms with Crippen LogP contribution >= 0.6 is 12.4 Å². The number of hydrogen-bond acceptors (Lipinski definition) is 3. The van der Waals surface area contributed by atoms with Crippen LogP contribution in [-0.4, -0.2) is 39.3 Å². The fourth-order valence-corrected chi connectivity index (χ4v) is 1.03. The van der Waals surface area contributed by atoms with Crippen LogP contribution in [0.2, 0.25) is 0 Å². The van der Waals surface area contributed by atoms with Crippen molar-refractivity contribution in [2.24, 2.45) is 5.92 Å². The quantitative estimate of drug-likeness (QED) is 0.616. The van der Waals surface area contributed by atoms with Gasteiger partial charge in [-0.05, 0) is 5.92 Å². The molecule has 0 atom stereocenters. The molecule has 0 spiro atoms. The van der Waals surface area contributed by atoms with E-state index in [-0.39, 0.29) is 18.3 Å². The molecular formula is C10H23ClN2O2. The zero-order valence-corrected chi connectivity index (χ0v) is 10.7. The summed E-state index contributed by atoms with van der Waals surface area (Å²) in [6, 6.07) is 0. The van der Waals surface area contributed by atoms with Crippen molar-refractivity contribution in [3.63, 3.8) is 0 Å². The van der Waals surface area contributed by atoms with Gasteiger partial charge in [-0.1, -0.05) is 13.8 Å². The first-order valence-electron chi connectivity index (χ1n) is 5.13. The minimum absolute atomic E-state index is 0. The molecule has 1 amide bonds. The van der Waals surface area contributed by atoms with Gasteiger partial charge in [-0.2, -0.15) is 0 Å². The van der Waals surface area contributed by atoms with E-state index in [1.165, 1.54) is 0 Å². The van der Waals surface area contributed by atoms with Gasteiger partial charge in [0, 0.05) is 33.2 Å². The summed E-state index contributed by atoms with van der Waals surface area (Å²) in [5.74, 6) is 0.560. The van der Waals surface area contributed by atoms with Gasteiger partial charge in [-0.15, -0.1) is 12.4 Å². The van der Waals surface area contributed by atoms with Crippen molar-refractivity contribution in [2.45, 2.75) is 20.3 Å². The Kier molecular flexibility index (Phi) is 13.4. The largest absolute Gasteiger partial charge is 0.383 e. The van der Waals surface area contributed by atoms with Crippen LogP contribution in [0, 0.1) is 5.92 Å². The molecule has 0 saturated heterocycles. The van der Waals surface area contributed by atoms with Gasteiger partial charge in [-0.3, -0.25) is 4.79 Å². The molecule has 0 aliphatic carbocycles. The lowest BCUT2D eigenvalue weighted by Crippen LogP contribution is -2.33. The number of ether oxygens (including phenoxy) is 1. The second-order valence-corrected chi connectivity index (χ2v) is 3.69. The molecule has 0 bridgehead atoms. The topological polar surface area (TPSA) is 50.4 Å².